The van der Waals surface area contributed by atoms with Crippen LogP contribution in [-0.4, -0.2) is 25.1 Å². The van der Waals surface area contributed by atoms with Crippen LogP contribution >= 0.6 is 15.9 Å². The van der Waals surface area contributed by atoms with Crippen molar-refractivity contribution in [3.05, 3.63) is 34.3 Å². The molecule has 0 spiro atoms. The van der Waals surface area contributed by atoms with E-state index in [2.05, 4.69) is 26.2 Å². The normalized spacial score (nSPS) is 11.8. The summed E-state index contributed by atoms with van der Waals surface area (Å²) in [5, 5.41) is 7.90. The van der Waals surface area contributed by atoms with Crippen LogP contribution in [-0.2, 0) is 9.68 Å². The van der Waals surface area contributed by atoms with Crippen LogP contribution in [0.15, 0.2) is 39.0 Å². The average Bonchev–Trinajstić information content (AvgIpc) is 2.39. The molecule has 0 bridgehead atoms. The molecule has 5 heteroatoms. The van der Waals surface area contributed by atoms with Crippen molar-refractivity contribution in [3.8, 4) is 0 Å². The molecule has 98 valence electrons. The Morgan fingerprint density at radius 1 is 1.17 bits per heavy atom. The van der Waals surface area contributed by atoms with Crippen molar-refractivity contribution in [1.82, 2.24) is 0 Å². The Bertz CT molecular complexity index is 402. The zero-order valence-electron chi connectivity index (χ0n) is 10.6. The molecule has 1 rings (SSSR count). The van der Waals surface area contributed by atoms with Gasteiger partial charge in [0.1, 0.15) is 13.2 Å². The van der Waals surface area contributed by atoms with E-state index in [0.29, 0.717) is 19.6 Å². The van der Waals surface area contributed by atoms with Crippen LogP contribution in [0.5, 0.6) is 0 Å². The van der Waals surface area contributed by atoms with Crippen LogP contribution in [0.1, 0.15) is 25.8 Å². The number of halogens is 1. The molecule has 1 aromatic rings. The van der Waals surface area contributed by atoms with E-state index in [4.69, 9.17) is 9.68 Å². The Hall–Kier alpha value is -1.36. The highest BCUT2D eigenvalue weighted by atomic mass is 79.9. The second kappa shape index (κ2) is 8.69. The van der Waals surface area contributed by atoms with Gasteiger partial charge in [-0.1, -0.05) is 38.4 Å². The third-order valence-corrected chi connectivity index (χ3v) is 2.57. The molecule has 0 aromatic heterocycles. The third-order valence-electron chi connectivity index (χ3n) is 2.04. The fourth-order valence-electron chi connectivity index (χ4n) is 1.24. The predicted octanol–water partition coefficient (Wildman–Crippen LogP) is 3.60. The molecule has 18 heavy (non-hydrogen) atoms. The maximum atomic E-state index is 5.11. The minimum Gasteiger partial charge on any atom is -0.396 e. The summed E-state index contributed by atoms with van der Waals surface area (Å²) in [6.07, 6.45) is 2.25. The Labute approximate surface area is 116 Å². The van der Waals surface area contributed by atoms with Gasteiger partial charge in [-0.15, -0.1) is 0 Å². The lowest BCUT2D eigenvalue weighted by Gasteiger charge is -2.04. The number of nitrogens with zero attached hydrogens (tertiary/aromatic N) is 2. The summed E-state index contributed by atoms with van der Waals surface area (Å²) in [4.78, 5) is 10.0. The van der Waals surface area contributed by atoms with Crippen molar-refractivity contribution in [2.24, 2.45) is 10.3 Å². The molecule has 0 aliphatic rings. The molecular weight excluding hydrogens is 296 g/mol. The lowest BCUT2D eigenvalue weighted by molar-refractivity contribution is 0.157. The summed E-state index contributed by atoms with van der Waals surface area (Å²) in [6, 6.07) is 7.90. The maximum Gasteiger partial charge on any atom is 0.114 e. The number of benzene rings is 1. The van der Waals surface area contributed by atoms with E-state index in [9.17, 15) is 0 Å². The Morgan fingerprint density at radius 3 is 2.44 bits per heavy atom. The first-order chi connectivity index (χ1) is 8.77. The van der Waals surface area contributed by atoms with Crippen molar-refractivity contribution >= 4 is 27.9 Å². The van der Waals surface area contributed by atoms with Gasteiger partial charge in [0.25, 0.3) is 0 Å². The van der Waals surface area contributed by atoms with Gasteiger partial charge >= 0.3 is 0 Å². The Balaban J connectivity index is 2.75. The number of oxime groups is 2. The summed E-state index contributed by atoms with van der Waals surface area (Å²) in [5.41, 5.74) is 1.84. The van der Waals surface area contributed by atoms with Crippen molar-refractivity contribution in [2.45, 2.75) is 20.3 Å². The summed E-state index contributed by atoms with van der Waals surface area (Å²) < 4.78 is 1.03. The predicted molar refractivity (Wildman–Crippen MR) is 77.0 cm³/mol. The Morgan fingerprint density at radius 2 is 1.83 bits per heavy atom. The summed E-state index contributed by atoms with van der Waals surface area (Å²) in [5.74, 6) is 0. The average molecular weight is 313 g/mol. The SMILES string of the molecule is CCO/N=C/C/C(=N\OCC)c1ccc(Br)cc1. The van der Waals surface area contributed by atoms with Gasteiger partial charge in [-0.3, -0.25) is 0 Å². The molecule has 4 nitrogen and oxygen atoms in total. The first kappa shape index (κ1) is 14.7. The third kappa shape index (κ3) is 5.31. The van der Waals surface area contributed by atoms with E-state index in [1.807, 2.05) is 38.1 Å². The number of hydrogen-bond acceptors (Lipinski definition) is 4. The number of rotatable bonds is 7. The molecule has 0 amide bonds. The monoisotopic (exact) mass is 312 g/mol. The van der Waals surface area contributed by atoms with Gasteiger partial charge in [-0.05, 0) is 31.5 Å². The second-order valence-corrected chi connectivity index (χ2v) is 4.29. The molecule has 0 atom stereocenters. The smallest absolute Gasteiger partial charge is 0.114 e. The van der Waals surface area contributed by atoms with E-state index in [1.54, 1.807) is 6.21 Å². The summed E-state index contributed by atoms with van der Waals surface area (Å²) in [7, 11) is 0. The molecule has 0 fully saturated rings. The lowest BCUT2D eigenvalue weighted by Crippen LogP contribution is -2.03. The molecule has 0 N–H and O–H groups in total. The summed E-state index contributed by atoms with van der Waals surface area (Å²) in [6.45, 7) is 4.90. The highest BCUT2D eigenvalue weighted by molar-refractivity contribution is 9.10. The van der Waals surface area contributed by atoms with E-state index in [0.717, 1.165) is 15.7 Å². The first-order valence-corrected chi connectivity index (χ1v) is 6.65. The van der Waals surface area contributed by atoms with E-state index < -0.39 is 0 Å². The van der Waals surface area contributed by atoms with E-state index >= 15 is 0 Å². The molecule has 0 heterocycles. The lowest BCUT2D eigenvalue weighted by atomic mass is 10.1. The molecule has 0 unspecified atom stereocenters. The largest absolute Gasteiger partial charge is 0.396 e. The van der Waals surface area contributed by atoms with Crippen LogP contribution in [0.25, 0.3) is 0 Å². The van der Waals surface area contributed by atoms with Crippen LogP contribution in [0.2, 0.25) is 0 Å². The van der Waals surface area contributed by atoms with Crippen molar-refractivity contribution in [1.29, 1.82) is 0 Å². The quantitative estimate of drug-likeness (QED) is 0.570. The zero-order chi connectivity index (χ0) is 13.2. The van der Waals surface area contributed by atoms with Gasteiger partial charge < -0.3 is 9.68 Å². The van der Waals surface area contributed by atoms with Crippen LogP contribution in [0.4, 0.5) is 0 Å². The molecule has 1 aromatic carbocycles. The van der Waals surface area contributed by atoms with Crippen molar-refractivity contribution < 1.29 is 9.68 Å². The minimum atomic E-state index is 0.544. The second-order valence-electron chi connectivity index (χ2n) is 3.37. The van der Waals surface area contributed by atoms with Crippen molar-refractivity contribution in [2.75, 3.05) is 13.2 Å². The molecule has 0 aliphatic heterocycles. The highest BCUT2D eigenvalue weighted by Crippen LogP contribution is 2.12. The maximum absolute atomic E-state index is 5.11. The van der Waals surface area contributed by atoms with Gasteiger partial charge in [0.15, 0.2) is 0 Å². The van der Waals surface area contributed by atoms with Crippen molar-refractivity contribution in [3.63, 3.8) is 0 Å². The minimum absolute atomic E-state index is 0.544. The molecule has 0 aliphatic carbocycles. The fraction of sp³-hybridized carbons (Fsp3) is 0.385. The van der Waals surface area contributed by atoms with Gasteiger partial charge in [-0.2, -0.15) is 0 Å². The van der Waals surface area contributed by atoms with Gasteiger partial charge in [-0.25, -0.2) is 0 Å². The zero-order valence-corrected chi connectivity index (χ0v) is 12.2. The molecular formula is C13H17BrN2O2. The molecule has 0 saturated heterocycles. The Kier molecular flexibility index (Phi) is 7.10. The van der Waals surface area contributed by atoms with Crippen LogP contribution in [0, 0.1) is 0 Å². The van der Waals surface area contributed by atoms with E-state index in [1.165, 1.54) is 0 Å². The summed E-state index contributed by atoms with van der Waals surface area (Å²) >= 11 is 3.40. The van der Waals surface area contributed by atoms with Gasteiger partial charge in [0.2, 0.25) is 0 Å². The molecule has 0 radical (unpaired) electrons. The van der Waals surface area contributed by atoms with Gasteiger partial charge in [0.05, 0.1) is 5.71 Å². The molecule has 0 saturated carbocycles. The fourth-order valence-corrected chi connectivity index (χ4v) is 1.51. The standard InChI is InChI=1S/C13H17BrN2O2/c1-3-17-15-10-9-13(16-18-4-2)11-5-7-12(14)8-6-11/h5-8,10H,3-4,9H2,1-2H3/b15-10+,16-13+. The van der Waals surface area contributed by atoms with Gasteiger partial charge in [0, 0.05) is 17.1 Å². The first-order valence-electron chi connectivity index (χ1n) is 5.86. The van der Waals surface area contributed by atoms with Crippen LogP contribution < -0.4 is 0 Å². The topological polar surface area (TPSA) is 43.2 Å². The number of hydrogen-bond donors (Lipinski definition) is 0. The highest BCUT2D eigenvalue weighted by Gasteiger charge is 2.03. The van der Waals surface area contributed by atoms with Crippen LogP contribution in [0.3, 0.4) is 0 Å². The van der Waals surface area contributed by atoms with E-state index in [-0.39, 0.29) is 0 Å².